The molecule has 3 aromatic heterocycles. The number of aromatic amines is 1. The van der Waals surface area contributed by atoms with Gasteiger partial charge in [-0.05, 0) is 61.4 Å². The molecule has 0 spiro atoms. The van der Waals surface area contributed by atoms with Gasteiger partial charge >= 0.3 is 0 Å². The molecule has 1 aromatic carbocycles. The maximum absolute atomic E-state index is 14.0. The van der Waals surface area contributed by atoms with Crippen molar-refractivity contribution in [3.05, 3.63) is 71.8 Å². The van der Waals surface area contributed by atoms with Crippen LogP contribution in [0, 0.1) is 5.92 Å². The Labute approximate surface area is 308 Å². The van der Waals surface area contributed by atoms with Gasteiger partial charge in [0.25, 0.3) is 12.4 Å². The molecule has 53 heavy (non-hydrogen) atoms. The fourth-order valence-corrected chi connectivity index (χ4v) is 6.90. The minimum atomic E-state index is -0.250. The maximum atomic E-state index is 14.0. The lowest BCUT2D eigenvalue weighted by Crippen LogP contribution is -2.46. The van der Waals surface area contributed by atoms with Gasteiger partial charge in [-0.2, -0.15) is 0 Å². The number of rotatable bonds is 6. The molecule has 3 N–H and O–H groups in total. The molecule has 0 radical (unpaired) electrons. The number of hydrogen-bond acceptors (Lipinski definition) is 10. The van der Waals surface area contributed by atoms with Crippen LogP contribution in [0.4, 0.5) is 5.82 Å². The van der Waals surface area contributed by atoms with Crippen LogP contribution in [0.5, 0.6) is 17.2 Å². The first-order valence-corrected chi connectivity index (χ1v) is 17.6. The number of H-pyrrole nitrogens is 1. The third kappa shape index (κ3) is 9.53. The number of ether oxygens (including phenoxy) is 3. The predicted octanol–water partition coefficient (Wildman–Crippen LogP) is 3.52. The van der Waals surface area contributed by atoms with Crippen molar-refractivity contribution in [1.82, 2.24) is 30.1 Å². The Kier molecular flexibility index (Phi) is 13.4. The first kappa shape index (κ1) is 38.4. The maximum Gasteiger partial charge on any atom is 0.290 e. The second-order valence-corrected chi connectivity index (χ2v) is 12.9. The minimum Gasteiger partial charge on any atom is -0.493 e. The fraction of sp³-hybridized carbons (Fsp3) is 0.421. The van der Waals surface area contributed by atoms with Crippen LogP contribution in [0.1, 0.15) is 47.3 Å². The first-order valence-electron chi connectivity index (χ1n) is 17.6. The van der Waals surface area contributed by atoms with E-state index in [2.05, 4.69) is 20.2 Å². The van der Waals surface area contributed by atoms with Crippen LogP contribution in [0.25, 0.3) is 10.9 Å². The molecule has 15 heteroatoms. The molecule has 1 atom stereocenters. The Morgan fingerprint density at radius 1 is 0.981 bits per heavy atom. The molecule has 1 fully saturated rings. The van der Waals surface area contributed by atoms with Gasteiger partial charge in [0, 0.05) is 74.9 Å². The van der Waals surface area contributed by atoms with E-state index in [1.807, 2.05) is 29.2 Å². The molecule has 2 bridgehead atoms. The van der Waals surface area contributed by atoms with E-state index in [-0.39, 0.29) is 43.1 Å². The third-order valence-corrected chi connectivity index (χ3v) is 9.43. The summed E-state index contributed by atoms with van der Waals surface area (Å²) in [7, 11) is 4.74. The Morgan fingerprint density at radius 2 is 1.75 bits per heavy atom. The summed E-state index contributed by atoms with van der Waals surface area (Å²) < 4.78 is 17.2. The van der Waals surface area contributed by atoms with E-state index in [1.165, 1.54) is 0 Å². The van der Waals surface area contributed by atoms with Gasteiger partial charge in [-0.3, -0.25) is 24.2 Å². The Bertz CT molecular complexity index is 1850. The number of aromatic nitrogens is 3. The molecule has 2 aliphatic rings. The summed E-state index contributed by atoms with van der Waals surface area (Å²) in [5, 5.41) is 10.7. The minimum absolute atomic E-state index is 0.0237. The van der Waals surface area contributed by atoms with Crippen LogP contribution in [-0.2, 0) is 27.3 Å². The average Bonchev–Trinajstić information content (AvgIpc) is 3.72. The average molecular weight is 730 g/mol. The normalized spacial score (nSPS) is 16.8. The third-order valence-electron chi connectivity index (χ3n) is 9.43. The number of pyridine rings is 2. The summed E-state index contributed by atoms with van der Waals surface area (Å²) in [5.41, 5.74) is 2.83. The smallest absolute Gasteiger partial charge is 0.290 e. The van der Waals surface area contributed by atoms with Gasteiger partial charge in [0.1, 0.15) is 11.5 Å². The molecule has 5 heterocycles. The van der Waals surface area contributed by atoms with Crippen molar-refractivity contribution in [1.29, 1.82) is 0 Å². The largest absolute Gasteiger partial charge is 0.493 e. The van der Waals surface area contributed by atoms with Gasteiger partial charge in [0.15, 0.2) is 11.5 Å². The molecule has 1 unspecified atom stereocenters. The van der Waals surface area contributed by atoms with Crippen LogP contribution in [-0.4, -0.2) is 115 Å². The number of piperidine rings is 1. The predicted molar refractivity (Wildman–Crippen MR) is 197 cm³/mol. The number of nitrogens with one attached hydrogen (secondary N) is 2. The van der Waals surface area contributed by atoms with E-state index in [9.17, 15) is 14.4 Å². The van der Waals surface area contributed by atoms with E-state index in [1.54, 1.807) is 57.0 Å². The molecule has 1 saturated heterocycles. The van der Waals surface area contributed by atoms with Crippen molar-refractivity contribution in [2.75, 3.05) is 65.5 Å². The molecule has 6 rings (SSSR count). The molecular weight excluding hydrogens is 682 g/mol. The van der Waals surface area contributed by atoms with Crippen molar-refractivity contribution < 1.29 is 38.5 Å². The zero-order valence-corrected chi connectivity index (χ0v) is 30.4. The van der Waals surface area contributed by atoms with E-state index in [0.29, 0.717) is 74.0 Å². The second-order valence-electron chi connectivity index (χ2n) is 12.9. The van der Waals surface area contributed by atoms with Crippen LogP contribution < -0.4 is 24.4 Å². The molecule has 15 nitrogen and oxygen atoms in total. The number of benzene rings is 1. The number of fused-ring (bicyclic) bond motifs is 5. The molecule has 2 aliphatic heterocycles. The second kappa shape index (κ2) is 18.6. The Morgan fingerprint density at radius 3 is 2.43 bits per heavy atom. The Hall–Kier alpha value is -5.86. The zero-order chi connectivity index (χ0) is 37.7. The lowest BCUT2D eigenvalue weighted by molar-refractivity contribution is -0.135. The highest BCUT2D eigenvalue weighted by Gasteiger charge is 2.28. The fourth-order valence-electron chi connectivity index (χ4n) is 6.90. The number of methoxy groups -OCH3 is 3. The highest BCUT2D eigenvalue weighted by atomic mass is 16.5. The van der Waals surface area contributed by atoms with Crippen LogP contribution in [0.2, 0.25) is 0 Å². The summed E-state index contributed by atoms with van der Waals surface area (Å²) in [6.07, 6.45) is 8.31. The van der Waals surface area contributed by atoms with E-state index < -0.39 is 0 Å². The highest BCUT2D eigenvalue weighted by Crippen LogP contribution is 2.44. The van der Waals surface area contributed by atoms with E-state index >= 15 is 0 Å². The van der Waals surface area contributed by atoms with Crippen LogP contribution >= 0.6 is 0 Å². The van der Waals surface area contributed by atoms with Crippen LogP contribution in [0.15, 0.2) is 55.0 Å². The van der Waals surface area contributed by atoms with Gasteiger partial charge < -0.3 is 44.3 Å². The first-order chi connectivity index (χ1) is 25.8. The quantitative estimate of drug-likeness (QED) is 0.247. The van der Waals surface area contributed by atoms with Crippen molar-refractivity contribution >= 4 is 40.9 Å². The lowest BCUT2D eigenvalue weighted by atomic mass is 9.97. The standard InChI is InChI=1S/C37H45N7O6.CH2O2/c1-48-31-19-30-28(34(49-2)35(31)50-3)18-27-23-44(37(47)29-11-7-13-39-29)15-5-4-14-42(33(46)17-25-9-6-12-38-20-25)24-32(45)40-21-26-10-8-16-43(22-26)36(27)41-30;2-1-3/h6-7,9,11-13,18-20,26,39H,4-5,8,10,14-17,21-24H2,1-3H3,(H,40,45);1H,(H,2,3). The number of hydrogen-bond donors (Lipinski definition) is 3. The number of carbonyl (C=O) groups excluding carboxylic acids is 3. The monoisotopic (exact) mass is 729 g/mol. The van der Waals surface area contributed by atoms with E-state index in [4.69, 9.17) is 29.1 Å². The Balaban J connectivity index is 0.00000175. The zero-order valence-electron chi connectivity index (χ0n) is 30.4. The molecule has 282 valence electrons. The number of nitrogens with zero attached hydrogens (tertiary/aromatic N) is 5. The molecular formula is C38H47N7O8. The summed E-state index contributed by atoms with van der Waals surface area (Å²) in [4.78, 5) is 67.2. The number of amides is 3. The lowest BCUT2D eigenvalue weighted by Gasteiger charge is -2.36. The van der Waals surface area contributed by atoms with Crippen molar-refractivity contribution in [2.45, 2.75) is 38.6 Å². The number of carbonyl (C=O) groups is 4. The van der Waals surface area contributed by atoms with Gasteiger partial charge in [0.2, 0.25) is 17.6 Å². The molecule has 4 aromatic rings. The number of anilines is 1. The van der Waals surface area contributed by atoms with Crippen LogP contribution in [0.3, 0.4) is 0 Å². The van der Waals surface area contributed by atoms with Crippen molar-refractivity contribution in [3.8, 4) is 17.2 Å². The van der Waals surface area contributed by atoms with Gasteiger partial charge in [-0.15, -0.1) is 0 Å². The molecule has 0 saturated carbocycles. The summed E-state index contributed by atoms with van der Waals surface area (Å²) in [5.74, 6) is 1.97. The van der Waals surface area contributed by atoms with Gasteiger partial charge in [-0.1, -0.05) is 6.07 Å². The number of carboxylic acid groups (broad SMARTS) is 1. The summed E-state index contributed by atoms with van der Waals surface area (Å²) >= 11 is 0. The molecule has 0 aliphatic carbocycles. The SMILES string of the molecule is COc1cc2nc3c(cc2c(OC)c1OC)CN(C(=O)c1ccc[nH]1)CCCCN(C(=O)Cc1cccnc1)CC(=O)NCC1CCCN3C1.O=CO. The summed E-state index contributed by atoms with van der Waals surface area (Å²) in [6, 6.07) is 11.1. The highest BCUT2D eigenvalue weighted by molar-refractivity contribution is 5.94. The summed E-state index contributed by atoms with van der Waals surface area (Å²) in [6.45, 7) is 2.78. The van der Waals surface area contributed by atoms with Gasteiger partial charge in [-0.25, -0.2) is 4.98 Å². The topological polar surface area (TPSA) is 180 Å². The van der Waals surface area contributed by atoms with E-state index in [0.717, 1.165) is 41.7 Å². The van der Waals surface area contributed by atoms with Crippen molar-refractivity contribution in [2.24, 2.45) is 5.92 Å². The van der Waals surface area contributed by atoms with Crippen molar-refractivity contribution in [3.63, 3.8) is 0 Å². The van der Waals surface area contributed by atoms with Gasteiger partial charge in [0.05, 0.1) is 39.8 Å². The molecule has 3 amide bonds.